The lowest BCUT2D eigenvalue weighted by atomic mass is 10.2. The molecule has 6 nitrogen and oxygen atoms in total. The first-order valence-electron chi connectivity index (χ1n) is 7.40. The number of nitrogens with zero attached hydrogens (tertiary/aromatic N) is 1. The Kier molecular flexibility index (Phi) is 4.49. The third-order valence-corrected chi connectivity index (χ3v) is 4.75. The number of aromatic carboxylic acids is 1. The summed E-state index contributed by atoms with van der Waals surface area (Å²) in [4.78, 5) is 26.5. The second-order valence-corrected chi connectivity index (χ2v) is 6.21. The predicted molar refractivity (Wildman–Crippen MR) is 84.0 cm³/mol. The van der Waals surface area contributed by atoms with Gasteiger partial charge in [-0.1, -0.05) is 13.0 Å². The second-order valence-electron chi connectivity index (χ2n) is 5.23. The van der Waals surface area contributed by atoms with Crippen LogP contribution in [0.15, 0.2) is 28.0 Å². The smallest absolute Gasteiger partial charge is 0.339 e. The highest BCUT2D eigenvalue weighted by Crippen LogP contribution is 2.27. The molecule has 0 saturated carbocycles. The molecule has 0 radical (unpaired) electrons. The molecule has 3 rings (SSSR count). The van der Waals surface area contributed by atoms with E-state index in [-0.39, 0.29) is 23.3 Å². The van der Waals surface area contributed by atoms with Crippen LogP contribution in [0.1, 0.15) is 44.6 Å². The van der Waals surface area contributed by atoms with Gasteiger partial charge in [-0.15, -0.1) is 11.3 Å². The summed E-state index contributed by atoms with van der Waals surface area (Å²) < 4.78 is 11.2. The van der Waals surface area contributed by atoms with E-state index in [0.717, 1.165) is 4.88 Å². The average molecular weight is 335 g/mol. The molecule has 122 valence electrons. The Morgan fingerprint density at radius 3 is 2.91 bits per heavy atom. The highest BCUT2D eigenvalue weighted by Gasteiger charge is 2.29. The van der Waals surface area contributed by atoms with E-state index in [1.165, 1.54) is 6.07 Å². The van der Waals surface area contributed by atoms with Crippen molar-refractivity contribution < 1.29 is 23.8 Å². The maximum atomic E-state index is 12.6. The van der Waals surface area contributed by atoms with E-state index in [9.17, 15) is 9.59 Å². The molecule has 0 aromatic carbocycles. The van der Waals surface area contributed by atoms with Gasteiger partial charge in [0.15, 0.2) is 5.76 Å². The van der Waals surface area contributed by atoms with E-state index in [2.05, 4.69) is 0 Å². The first-order valence-corrected chi connectivity index (χ1v) is 8.28. The largest absolute Gasteiger partial charge is 0.478 e. The molecule has 7 heteroatoms. The van der Waals surface area contributed by atoms with Crippen molar-refractivity contribution in [3.8, 4) is 0 Å². The Balaban J connectivity index is 1.78. The normalized spacial score (nSPS) is 18.1. The minimum absolute atomic E-state index is 0.0546. The van der Waals surface area contributed by atoms with Crippen molar-refractivity contribution in [3.05, 3.63) is 45.5 Å². The second kappa shape index (κ2) is 6.55. The number of carboxylic acid groups (broad SMARTS) is 1. The molecule has 2 aromatic heterocycles. The number of carbonyl (C=O) groups is 2. The van der Waals surface area contributed by atoms with Gasteiger partial charge in [-0.3, -0.25) is 4.79 Å². The fourth-order valence-corrected chi connectivity index (χ4v) is 3.38. The molecule has 1 unspecified atom stereocenters. The first-order chi connectivity index (χ1) is 11.1. The third-order valence-electron chi connectivity index (χ3n) is 3.79. The lowest BCUT2D eigenvalue weighted by Crippen LogP contribution is -2.42. The Hall–Kier alpha value is -2.12. The molecule has 1 aliphatic rings. The summed E-state index contributed by atoms with van der Waals surface area (Å²) in [6.07, 6.45) is 0.280. The van der Waals surface area contributed by atoms with Crippen LogP contribution in [0.4, 0.5) is 0 Å². The zero-order chi connectivity index (χ0) is 16.4. The summed E-state index contributed by atoms with van der Waals surface area (Å²) in [6, 6.07) is 5.25. The summed E-state index contributed by atoms with van der Waals surface area (Å²) in [6.45, 7) is 3.14. The van der Waals surface area contributed by atoms with Crippen LogP contribution in [-0.4, -0.2) is 41.6 Å². The van der Waals surface area contributed by atoms with Gasteiger partial charge in [-0.05, 0) is 11.4 Å². The number of carboxylic acids is 1. The molecule has 2 aromatic rings. The van der Waals surface area contributed by atoms with Crippen molar-refractivity contribution in [1.29, 1.82) is 0 Å². The van der Waals surface area contributed by atoms with Gasteiger partial charge in [0, 0.05) is 23.9 Å². The molecular weight excluding hydrogens is 318 g/mol. The SMILES string of the molecule is CCc1oc(C(=O)N2CCOC(c3cccs3)C2)cc1C(=O)O. The van der Waals surface area contributed by atoms with Gasteiger partial charge >= 0.3 is 5.97 Å². The van der Waals surface area contributed by atoms with E-state index in [0.29, 0.717) is 31.9 Å². The molecule has 0 bridgehead atoms. The molecule has 1 fully saturated rings. The Morgan fingerprint density at radius 2 is 2.30 bits per heavy atom. The van der Waals surface area contributed by atoms with Crippen molar-refractivity contribution in [2.75, 3.05) is 19.7 Å². The zero-order valence-electron chi connectivity index (χ0n) is 12.7. The van der Waals surface area contributed by atoms with E-state index in [4.69, 9.17) is 14.3 Å². The van der Waals surface area contributed by atoms with E-state index in [1.54, 1.807) is 23.2 Å². The van der Waals surface area contributed by atoms with Crippen molar-refractivity contribution in [3.63, 3.8) is 0 Å². The van der Waals surface area contributed by atoms with Crippen LogP contribution in [0.3, 0.4) is 0 Å². The van der Waals surface area contributed by atoms with Crippen LogP contribution in [0.5, 0.6) is 0 Å². The number of aryl methyl sites for hydroxylation is 1. The van der Waals surface area contributed by atoms with Crippen LogP contribution in [0.25, 0.3) is 0 Å². The van der Waals surface area contributed by atoms with Gasteiger partial charge in [-0.25, -0.2) is 4.79 Å². The molecule has 3 heterocycles. The lowest BCUT2D eigenvalue weighted by molar-refractivity contribution is -0.0221. The van der Waals surface area contributed by atoms with Crippen molar-refractivity contribution in [1.82, 2.24) is 4.90 Å². The number of ether oxygens (including phenoxy) is 1. The van der Waals surface area contributed by atoms with E-state index >= 15 is 0 Å². The number of amides is 1. The minimum Gasteiger partial charge on any atom is -0.478 e. The fraction of sp³-hybridized carbons (Fsp3) is 0.375. The van der Waals surface area contributed by atoms with Crippen LogP contribution < -0.4 is 0 Å². The zero-order valence-corrected chi connectivity index (χ0v) is 13.5. The maximum absolute atomic E-state index is 12.6. The summed E-state index contributed by atoms with van der Waals surface area (Å²) in [5.74, 6) is -0.977. The Bertz CT molecular complexity index is 706. The number of rotatable bonds is 4. The molecular formula is C16H17NO5S. The highest BCUT2D eigenvalue weighted by molar-refractivity contribution is 7.10. The quantitative estimate of drug-likeness (QED) is 0.929. The third kappa shape index (κ3) is 3.16. The number of carbonyl (C=O) groups excluding carboxylic acids is 1. The predicted octanol–water partition coefficient (Wildman–Crippen LogP) is 2.82. The molecule has 1 atom stereocenters. The van der Waals surface area contributed by atoms with Gasteiger partial charge in [0.25, 0.3) is 5.91 Å². The topological polar surface area (TPSA) is 80.0 Å². The number of morpholine rings is 1. The Labute approximate surface area is 137 Å². The number of hydrogen-bond acceptors (Lipinski definition) is 5. The van der Waals surface area contributed by atoms with Gasteiger partial charge in [0.05, 0.1) is 13.2 Å². The van der Waals surface area contributed by atoms with Crippen LogP contribution in [0.2, 0.25) is 0 Å². The number of hydrogen-bond donors (Lipinski definition) is 1. The van der Waals surface area contributed by atoms with Gasteiger partial charge in [0.1, 0.15) is 17.4 Å². The maximum Gasteiger partial charge on any atom is 0.339 e. The summed E-state index contributed by atoms with van der Waals surface area (Å²) in [5.41, 5.74) is 0.0546. The standard InChI is InChI=1S/C16H17NO5S/c1-2-11-10(16(19)20)8-12(22-11)15(18)17-5-6-21-13(9-17)14-4-3-7-23-14/h3-4,7-8,13H,2,5-6,9H2,1H3,(H,19,20). The molecule has 23 heavy (non-hydrogen) atoms. The van der Waals surface area contributed by atoms with Crippen molar-refractivity contribution >= 4 is 23.2 Å². The summed E-state index contributed by atoms with van der Waals surface area (Å²) in [7, 11) is 0. The molecule has 1 saturated heterocycles. The summed E-state index contributed by atoms with van der Waals surface area (Å²) in [5, 5.41) is 11.1. The van der Waals surface area contributed by atoms with Gasteiger partial charge < -0.3 is 19.2 Å². The van der Waals surface area contributed by atoms with Crippen LogP contribution in [0, 0.1) is 0 Å². The average Bonchev–Trinajstić information content (AvgIpc) is 3.23. The molecule has 0 spiro atoms. The minimum atomic E-state index is -1.08. The molecule has 1 N–H and O–H groups in total. The fourth-order valence-electron chi connectivity index (χ4n) is 2.61. The molecule has 1 aliphatic heterocycles. The highest BCUT2D eigenvalue weighted by atomic mass is 32.1. The van der Waals surface area contributed by atoms with E-state index < -0.39 is 5.97 Å². The summed E-state index contributed by atoms with van der Waals surface area (Å²) >= 11 is 1.59. The lowest BCUT2D eigenvalue weighted by Gasteiger charge is -2.32. The van der Waals surface area contributed by atoms with Gasteiger partial charge in [-0.2, -0.15) is 0 Å². The van der Waals surface area contributed by atoms with Crippen molar-refractivity contribution in [2.45, 2.75) is 19.4 Å². The van der Waals surface area contributed by atoms with Crippen molar-refractivity contribution in [2.24, 2.45) is 0 Å². The molecule has 1 amide bonds. The molecule has 0 aliphatic carbocycles. The first kappa shape index (κ1) is 15.8. The monoisotopic (exact) mass is 335 g/mol. The number of furan rings is 1. The van der Waals surface area contributed by atoms with Crippen LogP contribution >= 0.6 is 11.3 Å². The van der Waals surface area contributed by atoms with Gasteiger partial charge in [0.2, 0.25) is 0 Å². The Morgan fingerprint density at radius 1 is 1.48 bits per heavy atom. The van der Waals surface area contributed by atoms with E-state index in [1.807, 2.05) is 17.5 Å². The van der Waals surface area contributed by atoms with Crippen LogP contribution in [-0.2, 0) is 11.2 Å². The number of thiophene rings is 1.